The Hall–Kier alpha value is -3.27. The van der Waals surface area contributed by atoms with Gasteiger partial charge in [-0.05, 0) is 55.3 Å². The van der Waals surface area contributed by atoms with Crippen LogP contribution in [0.1, 0.15) is 31.4 Å². The molecule has 0 radical (unpaired) electrons. The van der Waals surface area contributed by atoms with Gasteiger partial charge in [0.1, 0.15) is 17.4 Å². The summed E-state index contributed by atoms with van der Waals surface area (Å²) < 4.78 is 44.0. The highest BCUT2D eigenvalue weighted by atomic mass is 19.4. The van der Waals surface area contributed by atoms with Gasteiger partial charge >= 0.3 is 6.18 Å². The molecule has 2 aromatic rings. The van der Waals surface area contributed by atoms with Crippen LogP contribution in [0.3, 0.4) is 0 Å². The Labute approximate surface area is 161 Å². The third kappa shape index (κ3) is 5.88. The van der Waals surface area contributed by atoms with Crippen LogP contribution < -0.4 is 10.1 Å². The van der Waals surface area contributed by atoms with Crippen molar-refractivity contribution in [1.29, 1.82) is 5.26 Å². The molecule has 0 unspecified atom stereocenters. The van der Waals surface area contributed by atoms with Gasteiger partial charge in [0.2, 0.25) is 0 Å². The van der Waals surface area contributed by atoms with E-state index in [2.05, 4.69) is 5.32 Å². The van der Waals surface area contributed by atoms with Crippen molar-refractivity contribution in [2.24, 2.45) is 0 Å². The van der Waals surface area contributed by atoms with Crippen LogP contribution in [0.25, 0.3) is 6.08 Å². The predicted octanol–water partition coefficient (Wildman–Crippen LogP) is 5.43. The van der Waals surface area contributed by atoms with Crippen molar-refractivity contribution in [3.05, 3.63) is 65.2 Å². The highest BCUT2D eigenvalue weighted by Crippen LogP contribution is 2.30. The maximum absolute atomic E-state index is 12.8. The van der Waals surface area contributed by atoms with E-state index >= 15 is 0 Å². The Bertz CT molecular complexity index is 897. The maximum Gasteiger partial charge on any atom is 0.416 e. The maximum atomic E-state index is 12.8. The molecule has 0 heterocycles. The van der Waals surface area contributed by atoms with Gasteiger partial charge in [0, 0.05) is 5.69 Å². The molecule has 2 aromatic carbocycles. The van der Waals surface area contributed by atoms with Gasteiger partial charge in [-0.3, -0.25) is 4.79 Å². The molecular weight excluding hydrogens is 369 g/mol. The summed E-state index contributed by atoms with van der Waals surface area (Å²) in [6.45, 7) is 3.95. The normalized spacial score (nSPS) is 12.8. The quantitative estimate of drug-likeness (QED) is 0.530. The van der Waals surface area contributed by atoms with Crippen molar-refractivity contribution in [2.75, 3.05) is 5.32 Å². The Morgan fingerprint density at radius 3 is 2.50 bits per heavy atom. The topological polar surface area (TPSA) is 62.1 Å². The van der Waals surface area contributed by atoms with E-state index in [4.69, 9.17) is 4.74 Å². The zero-order valence-corrected chi connectivity index (χ0v) is 15.4. The molecule has 0 bridgehead atoms. The van der Waals surface area contributed by atoms with Crippen LogP contribution in [-0.4, -0.2) is 12.0 Å². The zero-order valence-electron chi connectivity index (χ0n) is 15.4. The zero-order chi connectivity index (χ0) is 20.7. The molecule has 1 N–H and O–H groups in total. The van der Waals surface area contributed by atoms with E-state index in [1.807, 2.05) is 13.8 Å². The number of rotatable bonds is 6. The molecule has 0 aliphatic rings. The van der Waals surface area contributed by atoms with Gasteiger partial charge in [0.15, 0.2) is 0 Å². The molecule has 146 valence electrons. The van der Waals surface area contributed by atoms with Gasteiger partial charge in [-0.15, -0.1) is 0 Å². The molecule has 2 rings (SSSR count). The summed E-state index contributed by atoms with van der Waals surface area (Å²) in [4.78, 5) is 12.3. The lowest BCUT2D eigenvalue weighted by Gasteiger charge is -2.12. The highest BCUT2D eigenvalue weighted by Gasteiger charge is 2.30. The first-order valence-corrected chi connectivity index (χ1v) is 8.60. The van der Waals surface area contributed by atoms with Gasteiger partial charge in [-0.1, -0.05) is 25.1 Å². The lowest BCUT2D eigenvalue weighted by molar-refractivity contribution is -0.137. The van der Waals surface area contributed by atoms with Gasteiger partial charge in [-0.2, -0.15) is 18.4 Å². The summed E-state index contributed by atoms with van der Waals surface area (Å²) in [5.41, 5.74) is -0.566. The van der Waals surface area contributed by atoms with Gasteiger partial charge in [0.05, 0.1) is 11.7 Å². The second-order valence-electron chi connectivity index (χ2n) is 6.11. The number of hydrogen-bond acceptors (Lipinski definition) is 3. The number of hydrogen-bond donors (Lipinski definition) is 1. The Morgan fingerprint density at radius 2 is 1.93 bits per heavy atom. The standard InChI is InChI=1S/C21H19F3N2O2/c1-3-14(2)28-19-9-7-15(8-10-19)11-16(13-25)20(27)26-18-6-4-5-17(12-18)21(22,23)24/h4-12,14H,3H2,1-2H3,(H,26,27)/b16-11-/t14-/m1/s1. The summed E-state index contributed by atoms with van der Waals surface area (Å²) in [5, 5.41) is 11.6. The van der Waals surface area contributed by atoms with Crippen molar-refractivity contribution in [3.8, 4) is 11.8 Å². The SMILES string of the molecule is CC[C@@H](C)Oc1ccc(/C=C(/C#N)C(=O)Nc2cccc(C(F)(F)F)c2)cc1. The molecule has 0 fully saturated rings. The van der Waals surface area contributed by atoms with Crippen molar-refractivity contribution >= 4 is 17.7 Å². The van der Waals surface area contributed by atoms with E-state index in [1.54, 1.807) is 30.3 Å². The van der Waals surface area contributed by atoms with Gasteiger partial charge in [0.25, 0.3) is 5.91 Å². The summed E-state index contributed by atoms with van der Waals surface area (Å²) in [5.74, 6) is -0.125. The summed E-state index contributed by atoms with van der Waals surface area (Å²) >= 11 is 0. The van der Waals surface area contributed by atoms with E-state index in [9.17, 15) is 23.2 Å². The largest absolute Gasteiger partial charge is 0.491 e. The number of nitrogens with one attached hydrogen (secondary N) is 1. The minimum Gasteiger partial charge on any atom is -0.491 e. The van der Waals surface area contributed by atoms with Crippen molar-refractivity contribution < 1.29 is 22.7 Å². The molecule has 0 aliphatic heterocycles. The fraction of sp³-hybridized carbons (Fsp3) is 0.238. The molecule has 1 atom stereocenters. The molecule has 7 heteroatoms. The fourth-order valence-corrected chi connectivity index (χ4v) is 2.25. The number of nitriles is 1. The van der Waals surface area contributed by atoms with Crippen LogP contribution in [0.15, 0.2) is 54.1 Å². The minimum atomic E-state index is -4.52. The van der Waals surface area contributed by atoms with Crippen molar-refractivity contribution in [1.82, 2.24) is 0 Å². The molecule has 0 aromatic heterocycles. The lowest BCUT2D eigenvalue weighted by Crippen LogP contribution is -2.14. The van der Waals surface area contributed by atoms with Gasteiger partial charge in [-0.25, -0.2) is 0 Å². The number of halogens is 3. The van der Waals surface area contributed by atoms with E-state index in [0.717, 1.165) is 18.6 Å². The van der Waals surface area contributed by atoms with Crippen LogP contribution in [0.4, 0.5) is 18.9 Å². The number of nitrogens with zero attached hydrogens (tertiary/aromatic N) is 1. The Kier molecular flexibility index (Phi) is 6.83. The minimum absolute atomic E-state index is 0.0433. The van der Waals surface area contributed by atoms with Crippen molar-refractivity contribution in [3.63, 3.8) is 0 Å². The van der Waals surface area contributed by atoms with E-state index < -0.39 is 17.6 Å². The third-order valence-electron chi connectivity index (χ3n) is 3.92. The summed E-state index contributed by atoms with van der Waals surface area (Å²) in [7, 11) is 0. The summed E-state index contributed by atoms with van der Waals surface area (Å²) in [6.07, 6.45) is -2.24. The first-order chi connectivity index (χ1) is 13.2. The van der Waals surface area contributed by atoms with E-state index in [-0.39, 0.29) is 17.4 Å². The van der Waals surface area contributed by atoms with Crippen LogP contribution >= 0.6 is 0 Å². The number of benzene rings is 2. The molecule has 28 heavy (non-hydrogen) atoms. The summed E-state index contributed by atoms with van der Waals surface area (Å²) in [6, 6.07) is 12.8. The van der Waals surface area contributed by atoms with Crippen LogP contribution in [-0.2, 0) is 11.0 Å². The number of ether oxygens (including phenoxy) is 1. The Balaban J connectivity index is 2.14. The number of carbonyl (C=O) groups is 1. The lowest BCUT2D eigenvalue weighted by atomic mass is 10.1. The second-order valence-corrected chi connectivity index (χ2v) is 6.11. The molecule has 0 aliphatic carbocycles. The number of amides is 1. The number of anilines is 1. The molecule has 0 saturated carbocycles. The molecule has 4 nitrogen and oxygen atoms in total. The van der Waals surface area contributed by atoms with Crippen LogP contribution in [0, 0.1) is 11.3 Å². The molecule has 0 spiro atoms. The average molecular weight is 388 g/mol. The van der Waals surface area contributed by atoms with Crippen LogP contribution in [0.5, 0.6) is 5.75 Å². The van der Waals surface area contributed by atoms with E-state index in [1.165, 1.54) is 18.2 Å². The van der Waals surface area contributed by atoms with Gasteiger partial charge < -0.3 is 10.1 Å². The Morgan fingerprint density at radius 1 is 1.25 bits per heavy atom. The highest BCUT2D eigenvalue weighted by molar-refractivity contribution is 6.09. The first kappa shape index (κ1) is 21.0. The fourth-order valence-electron chi connectivity index (χ4n) is 2.25. The first-order valence-electron chi connectivity index (χ1n) is 8.60. The molecular formula is C21H19F3N2O2. The second kappa shape index (κ2) is 9.09. The van der Waals surface area contributed by atoms with Crippen molar-refractivity contribution in [2.45, 2.75) is 32.5 Å². The molecule has 1 amide bonds. The van der Waals surface area contributed by atoms with E-state index in [0.29, 0.717) is 11.3 Å². The number of alkyl halides is 3. The van der Waals surface area contributed by atoms with Crippen LogP contribution in [0.2, 0.25) is 0 Å². The average Bonchev–Trinajstić information content (AvgIpc) is 2.66. The third-order valence-corrected chi connectivity index (χ3v) is 3.92. The predicted molar refractivity (Wildman–Crippen MR) is 100 cm³/mol. The smallest absolute Gasteiger partial charge is 0.416 e. The number of carbonyl (C=O) groups excluding carboxylic acids is 1. The monoisotopic (exact) mass is 388 g/mol. The molecule has 0 saturated heterocycles.